The van der Waals surface area contributed by atoms with E-state index in [9.17, 15) is 0 Å². The molecule has 0 amide bonds. The predicted molar refractivity (Wildman–Crippen MR) is 211 cm³/mol. The first kappa shape index (κ1) is 36.5. The summed E-state index contributed by atoms with van der Waals surface area (Å²) in [5, 5.41) is 0. The van der Waals surface area contributed by atoms with E-state index < -0.39 is 6.10 Å². The van der Waals surface area contributed by atoms with E-state index in [0.717, 1.165) is 58.6 Å². The lowest BCUT2D eigenvalue weighted by Crippen LogP contribution is -2.53. The first-order chi connectivity index (χ1) is 26.6. The van der Waals surface area contributed by atoms with E-state index in [1.54, 1.807) is 7.11 Å². The average molecular weight is 725 g/mol. The summed E-state index contributed by atoms with van der Waals surface area (Å²) in [5.74, 6) is 1.90. The van der Waals surface area contributed by atoms with E-state index in [4.69, 9.17) is 28.4 Å². The second-order valence-corrected chi connectivity index (χ2v) is 15.3. The minimum Gasteiger partial charge on any atom is -0.496 e. The van der Waals surface area contributed by atoms with Gasteiger partial charge in [0.25, 0.3) is 0 Å². The standard InChI is InChI=1S/C48H52O6/c1-34-44(33-50-30-35-13-6-3-7-14-35)53-46(47(52-32-37-17-10-5-11-18-37)45(34)51-31-36-15-8-4-9-16-36)40-20-22-42(49-2)41(29-40)28-38-19-21-43-39(27-38)23-26-48(54-43)24-12-25-48/h3-11,13-22,27,29,34,44-47H,12,23-26,28,30-33H2,1-2H3/t34-,44-,45+,46?,47-/m1/s1. The second kappa shape index (κ2) is 16.9. The normalized spacial score (nSPS) is 22.9. The number of aryl methyl sites for hydroxylation is 1. The SMILES string of the molecule is COc1ccc(C2O[C@H](COCc3ccccc3)[C@@H](C)[C@H](OCc3ccccc3)[C@H]2OCc2ccccc2)cc1Cc1ccc2c(c1)CCC1(CCC1)O2. The van der Waals surface area contributed by atoms with Gasteiger partial charge in [0.05, 0.1) is 45.7 Å². The van der Waals surface area contributed by atoms with Crippen molar-refractivity contribution in [2.24, 2.45) is 5.92 Å². The maximum Gasteiger partial charge on any atom is 0.123 e. The first-order valence-electron chi connectivity index (χ1n) is 19.6. The lowest BCUT2D eigenvalue weighted by Gasteiger charge is -2.46. The van der Waals surface area contributed by atoms with E-state index in [1.165, 1.54) is 30.4 Å². The Morgan fingerprint density at radius 1 is 0.667 bits per heavy atom. The lowest BCUT2D eigenvalue weighted by molar-refractivity contribution is -0.243. The fourth-order valence-corrected chi connectivity index (χ4v) is 8.30. The number of benzene rings is 5. The highest BCUT2D eigenvalue weighted by molar-refractivity contribution is 5.45. The van der Waals surface area contributed by atoms with Crippen molar-refractivity contribution in [2.75, 3.05) is 13.7 Å². The molecule has 6 nitrogen and oxygen atoms in total. The molecule has 1 saturated heterocycles. The fraction of sp³-hybridized carbons (Fsp3) is 0.375. The summed E-state index contributed by atoms with van der Waals surface area (Å²) in [5.41, 5.74) is 8.12. The Morgan fingerprint density at radius 2 is 1.31 bits per heavy atom. The number of ether oxygens (including phenoxy) is 6. The first-order valence-corrected chi connectivity index (χ1v) is 19.6. The van der Waals surface area contributed by atoms with Gasteiger partial charge in [0.2, 0.25) is 0 Å². The Kier molecular flexibility index (Phi) is 11.4. The zero-order valence-electron chi connectivity index (χ0n) is 31.5. The van der Waals surface area contributed by atoms with Gasteiger partial charge in [0.1, 0.15) is 29.3 Å². The molecule has 280 valence electrons. The zero-order chi connectivity index (χ0) is 36.7. The van der Waals surface area contributed by atoms with Gasteiger partial charge in [-0.1, -0.05) is 116 Å². The predicted octanol–water partition coefficient (Wildman–Crippen LogP) is 10.00. The van der Waals surface area contributed by atoms with E-state index >= 15 is 0 Å². The van der Waals surface area contributed by atoms with Crippen LogP contribution in [0.25, 0.3) is 0 Å². The van der Waals surface area contributed by atoms with Crippen molar-refractivity contribution in [3.05, 3.63) is 166 Å². The Bertz CT molecular complexity index is 1940. The molecule has 0 bridgehead atoms. The summed E-state index contributed by atoms with van der Waals surface area (Å²) < 4.78 is 39.7. The number of rotatable bonds is 14. The Labute approximate surface area is 320 Å². The van der Waals surface area contributed by atoms with Crippen LogP contribution in [0.1, 0.15) is 77.7 Å². The number of hydrogen-bond donors (Lipinski definition) is 0. The minimum absolute atomic E-state index is 0.00369. The highest BCUT2D eigenvalue weighted by Gasteiger charge is 2.46. The third-order valence-electron chi connectivity index (χ3n) is 11.6. The van der Waals surface area contributed by atoms with Crippen LogP contribution in [0.15, 0.2) is 127 Å². The van der Waals surface area contributed by atoms with Crippen LogP contribution in [0.3, 0.4) is 0 Å². The van der Waals surface area contributed by atoms with E-state index in [-0.39, 0.29) is 29.8 Å². The van der Waals surface area contributed by atoms with Gasteiger partial charge < -0.3 is 28.4 Å². The van der Waals surface area contributed by atoms with Crippen LogP contribution in [-0.2, 0) is 51.6 Å². The van der Waals surface area contributed by atoms with Crippen LogP contribution in [0.2, 0.25) is 0 Å². The van der Waals surface area contributed by atoms with Crippen LogP contribution in [-0.4, -0.2) is 37.6 Å². The third-order valence-corrected chi connectivity index (χ3v) is 11.6. The monoisotopic (exact) mass is 724 g/mol. The van der Waals surface area contributed by atoms with Crippen molar-refractivity contribution in [3.8, 4) is 11.5 Å². The molecule has 0 N–H and O–H groups in total. The van der Waals surface area contributed by atoms with Gasteiger partial charge in [-0.15, -0.1) is 0 Å². The summed E-state index contributed by atoms with van der Waals surface area (Å²) in [7, 11) is 1.75. The molecule has 2 aliphatic heterocycles. The number of fused-ring (bicyclic) bond motifs is 1. The summed E-state index contributed by atoms with van der Waals surface area (Å²) in [6, 6.07) is 44.1. The van der Waals surface area contributed by atoms with Crippen molar-refractivity contribution in [1.29, 1.82) is 0 Å². The third kappa shape index (κ3) is 8.43. The smallest absolute Gasteiger partial charge is 0.123 e. The molecule has 8 rings (SSSR count). The van der Waals surface area contributed by atoms with E-state index in [0.29, 0.717) is 26.4 Å². The molecule has 5 atom stereocenters. The molecular formula is C48H52O6. The van der Waals surface area contributed by atoms with Crippen molar-refractivity contribution in [2.45, 2.75) is 95.3 Å². The van der Waals surface area contributed by atoms with Gasteiger partial charge >= 0.3 is 0 Å². The summed E-state index contributed by atoms with van der Waals surface area (Å²) >= 11 is 0. The minimum atomic E-state index is -0.406. The van der Waals surface area contributed by atoms with Crippen molar-refractivity contribution >= 4 is 0 Å². The van der Waals surface area contributed by atoms with Crippen LogP contribution in [0, 0.1) is 5.92 Å². The van der Waals surface area contributed by atoms with Crippen LogP contribution in [0.5, 0.6) is 11.5 Å². The Balaban J connectivity index is 1.09. The fourth-order valence-electron chi connectivity index (χ4n) is 8.30. The summed E-state index contributed by atoms with van der Waals surface area (Å²) in [6.45, 7) is 4.07. The second-order valence-electron chi connectivity index (χ2n) is 15.3. The molecule has 0 radical (unpaired) electrons. The largest absolute Gasteiger partial charge is 0.496 e. The van der Waals surface area contributed by atoms with Crippen LogP contribution in [0.4, 0.5) is 0 Å². The van der Waals surface area contributed by atoms with Crippen molar-refractivity contribution < 1.29 is 28.4 Å². The van der Waals surface area contributed by atoms with Crippen LogP contribution >= 0.6 is 0 Å². The highest BCUT2D eigenvalue weighted by Crippen LogP contribution is 2.45. The van der Waals surface area contributed by atoms with Crippen LogP contribution < -0.4 is 9.47 Å². The summed E-state index contributed by atoms with van der Waals surface area (Å²) in [6.07, 6.45) is 5.25. The van der Waals surface area contributed by atoms with Gasteiger partial charge in [0.15, 0.2) is 0 Å². The van der Waals surface area contributed by atoms with Gasteiger partial charge in [-0.3, -0.25) is 0 Å². The quantitative estimate of drug-likeness (QED) is 0.114. The maximum absolute atomic E-state index is 7.11. The maximum atomic E-state index is 7.11. The summed E-state index contributed by atoms with van der Waals surface area (Å²) in [4.78, 5) is 0. The molecule has 0 aromatic heterocycles. The van der Waals surface area contributed by atoms with E-state index in [2.05, 4.69) is 91.9 Å². The zero-order valence-corrected chi connectivity index (χ0v) is 31.5. The molecule has 2 fully saturated rings. The van der Waals surface area contributed by atoms with Gasteiger partial charge in [-0.25, -0.2) is 0 Å². The molecule has 5 aromatic carbocycles. The topological polar surface area (TPSA) is 55.4 Å². The molecule has 1 unspecified atom stereocenters. The molecule has 3 aliphatic rings. The molecule has 1 saturated carbocycles. The average Bonchev–Trinajstić information content (AvgIpc) is 3.20. The molecule has 6 heteroatoms. The molecular weight excluding hydrogens is 673 g/mol. The highest BCUT2D eigenvalue weighted by atomic mass is 16.6. The molecule has 54 heavy (non-hydrogen) atoms. The molecule has 1 aliphatic carbocycles. The Hall–Kier alpha value is -4.46. The van der Waals surface area contributed by atoms with Gasteiger partial charge in [-0.2, -0.15) is 0 Å². The van der Waals surface area contributed by atoms with Crippen molar-refractivity contribution in [1.82, 2.24) is 0 Å². The molecule has 5 aromatic rings. The van der Waals surface area contributed by atoms with Crippen molar-refractivity contribution in [3.63, 3.8) is 0 Å². The number of hydrogen-bond acceptors (Lipinski definition) is 6. The molecule has 1 spiro atoms. The number of methoxy groups -OCH3 is 1. The molecule has 2 heterocycles. The van der Waals surface area contributed by atoms with Gasteiger partial charge in [-0.05, 0) is 89.2 Å². The van der Waals surface area contributed by atoms with Gasteiger partial charge in [0, 0.05) is 12.3 Å². The van der Waals surface area contributed by atoms with E-state index in [1.807, 2.05) is 42.5 Å². The Morgan fingerprint density at radius 3 is 1.94 bits per heavy atom. The lowest BCUT2D eigenvalue weighted by atomic mass is 9.74.